The summed E-state index contributed by atoms with van der Waals surface area (Å²) in [6.45, 7) is 4.56. The van der Waals surface area contributed by atoms with Crippen LogP contribution in [0.15, 0.2) is 22.8 Å². The number of carbonyl (C=O) groups excluding carboxylic acids is 1. The minimum absolute atomic E-state index is 0.103. The summed E-state index contributed by atoms with van der Waals surface area (Å²) in [4.78, 5) is 11.8. The third-order valence-electron chi connectivity index (χ3n) is 7.17. The fourth-order valence-corrected chi connectivity index (χ4v) is 5.85. The van der Waals surface area contributed by atoms with Gasteiger partial charge in [-0.05, 0) is 85.8 Å². The highest BCUT2D eigenvalue weighted by molar-refractivity contribution is 5.92. The normalized spacial score (nSPS) is 45.9. The summed E-state index contributed by atoms with van der Waals surface area (Å²) in [5.74, 6) is 2.23. The van der Waals surface area contributed by atoms with Gasteiger partial charge in [-0.15, -0.1) is 0 Å². The summed E-state index contributed by atoms with van der Waals surface area (Å²) in [6.07, 6.45) is 9.23. The number of hydrogen-bond donors (Lipinski definition) is 1. The third-order valence-corrected chi connectivity index (χ3v) is 7.17. The van der Waals surface area contributed by atoms with E-state index in [1.54, 1.807) is 5.57 Å². The van der Waals surface area contributed by atoms with Gasteiger partial charge in [0.2, 0.25) is 0 Å². The zero-order chi connectivity index (χ0) is 14.8. The van der Waals surface area contributed by atoms with E-state index in [4.69, 9.17) is 0 Å². The minimum atomic E-state index is -0.103. The lowest BCUT2D eigenvalue weighted by Gasteiger charge is -2.49. The predicted octanol–water partition coefficient (Wildman–Crippen LogP) is 3.80. The summed E-state index contributed by atoms with van der Waals surface area (Å²) in [5.41, 5.74) is 4.52. The lowest BCUT2D eigenvalue weighted by Crippen LogP contribution is -2.43. The maximum Gasteiger partial charge on any atom is 0.156 e. The van der Waals surface area contributed by atoms with Gasteiger partial charge in [-0.3, -0.25) is 4.79 Å². The molecular weight excluding hydrogens is 260 g/mol. The van der Waals surface area contributed by atoms with Crippen molar-refractivity contribution >= 4 is 5.78 Å². The van der Waals surface area contributed by atoms with Gasteiger partial charge >= 0.3 is 0 Å². The molecule has 0 radical (unpaired) electrons. The molecule has 0 amide bonds. The van der Waals surface area contributed by atoms with Crippen molar-refractivity contribution in [3.05, 3.63) is 22.8 Å². The van der Waals surface area contributed by atoms with E-state index < -0.39 is 0 Å². The number of rotatable bonds is 0. The van der Waals surface area contributed by atoms with E-state index in [0.717, 1.165) is 32.1 Å². The molecule has 2 nitrogen and oxygen atoms in total. The lowest BCUT2D eigenvalue weighted by atomic mass is 9.56. The van der Waals surface area contributed by atoms with Crippen molar-refractivity contribution in [1.29, 1.82) is 0 Å². The number of fused-ring (bicyclic) bond motifs is 4. The molecule has 0 aliphatic heterocycles. The average Bonchev–Trinajstić information content (AvgIpc) is 2.76. The van der Waals surface area contributed by atoms with E-state index in [9.17, 15) is 9.90 Å². The average molecular weight is 286 g/mol. The molecule has 0 aromatic heterocycles. The molecule has 114 valence electrons. The molecule has 0 bridgehead atoms. The molecule has 4 aliphatic carbocycles. The van der Waals surface area contributed by atoms with Gasteiger partial charge in [-0.2, -0.15) is 0 Å². The second-order valence-corrected chi connectivity index (χ2v) is 8.00. The fraction of sp³-hybridized carbons (Fsp3) is 0.737. The molecule has 2 heteroatoms. The van der Waals surface area contributed by atoms with Crippen LogP contribution in [-0.2, 0) is 4.79 Å². The number of ketones is 1. The topological polar surface area (TPSA) is 37.3 Å². The van der Waals surface area contributed by atoms with Gasteiger partial charge in [0, 0.05) is 6.42 Å². The predicted molar refractivity (Wildman–Crippen MR) is 82.7 cm³/mol. The SMILES string of the molecule is CC1=C2CC[C@]3(C)[C@@H](O)CC[C@H]3[C@@H]2C[C@H]2CCC(=O)C=C12. The van der Waals surface area contributed by atoms with E-state index in [2.05, 4.69) is 13.8 Å². The summed E-state index contributed by atoms with van der Waals surface area (Å²) in [7, 11) is 0. The summed E-state index contributed by atoms with van der Waals surface area (Å²) in [5, 5.41) is 10.4. The van der Waals surface area contributed by atoms with Crippen molar-refractivity contribution in [1.82, 2.24) is 0 Å². The van der Waals surface area contributed by atoms with Crippen molar-refractivity contribution in [2.45, 2.75) is 64.9 Å². The van der Waals surface area contributed by atoms with Crippen LogP contribution in [0.5, 0.6) is 0 Å². The van der Waals surface area contributed by atoms with Crippen LogP contribution in [-0.4, -0.2) is 17.0 Å². The zero-order valence-electron chi connectivity index (χ0n) is 13.2. The third kappa shape index (κ3) is 1.84. The Balaban J connectivity index is 1.76. The molecule has 21 heavy (non-hydrogen) atoms. The lowest BCUT2D eigenvalue weighted by molar-refractivity contribution is -0.115. The van der Waals surface area contributed by atoms with E-state index in [1.807, 2.05) is 6.08 Å². The zero-order valence-corrected chi connectivity index (χ0v) is 13.2. The first kappa shape index (κ1) is 13.8. The highest BCUT2D eigenvalue weighted by Crippen LogP contribution is 2.60. The Bertz CT molecular complexity index is 556. The van der Waals surface area contributed by atoms with Crippen molar-refractivity contribution in [2.75, 3.05) is 0 Å². The maximum atomic E-state index is 11.8. The van der Waals surface area contributed by atoms with Crippen molar-refractivity contribution in [2.24, 2.45) is 23.2 Å². The molecule has 0 heterocycles. The van der Waals surface area contributed by atoms with Crippen molar-refractivity contribution in [3.63, 3.8) is 0 Å². The monoisotopic (exact) mass is 286 g/mol. The van der Waals surface area contributed by atoms with Gasteiger partial charge in [0.15, 0.2) is 5.78 Å². The molecule has 2 saturated carbocycles. The molecule has 2 fully saturated rings. The van der Waals surface area contributed by atoms with Gasteiger partial charge in [-0.25, -0.2) is 0 Å². The Kier molecular flexibility index (Phi) is 2.98. The fourth-order valence-electron chi connectivity index (χ4n) is 5.85. The molecule has 5 atom stereocenters. The Labute approximate surface area is 127 Å². The number of aliphatic hydroxyl groups excluding tert-OH is 1. The quantitative estimate of drug-likeness (QED) is 0.735. The van der Waals surface area contributed by atoms with Crippen LogP contribution in [0, 0.1) is 23.2 Å². The smallest absolute Gasteiger partial charge is 0.156 e. The van der Waals surface area contributed by atoms with Gasteiger partial charge in [0.05, 0.1) is 6.10 Å². The Morgan fingerprint density at radius 2 is 2.05 bits per heavy atom. The summed E-state index contributed by atoms with van der Waals surface area (Å²) >= 11 is 0. The van der Waals surface area contributed by atoms with Crippen molar-refractivity contribution < 1.29 is 9.90 Å². The van der Waals surface area contributed by atoms with Crippen LogP contribution in [0.4, 0.5) is 0 Å². The molecule has 1 N–H and O–H groups in total. The Morgan fingerprint density at radius 1 is 1.24 bits per heavy atom. The molecule has 0 aromatic carbocycles. The standard InChI is InChI=1S/C19H26O2/c1-11-14-7-8-19(2)17(5-6-18(19)21)16(14)9-12-3-4-13(20)10-15(11)12/h10,12,16-18,21H,3-9H2,1-2H3/t12-,16-,17+,18+,19+/m1/s1. The summed E-state index contributed by atoms with van der Waals surface area (Å²) < 4.78 is 0. The van der Waals surface area contributed by atoms with Gasteiger partial charge in [0.25, 0.3) is 0 Å². The maximum absolute atomic E-state index is 11.8. The second kappa shape index (κ2) is 4.55. The molecule has 4 aliphatic rings. The first-order chi connectivity index (χ1) is 10.0. The second-order valence-electron chi connectivity index (χ2n) is 8.00. The van der Waals surface area contributed by atoms with Crippen LogP contribution >= 0.6 is 0 Å². The first-order valence-corrected chi connectivity index (χ1v) is 8.63. The number of carbonyl (C=O) groups is 1. The molecule has 0 aromatic rings. The molecule has 0 saturated heterocycles. The van der Waals surface area contributed by atoms with E-state index in [-0.39, 0.29) is 11.5 Å². The van der Waals surface area contributed by atoms with Gasteiger partial charge in [-0.1, -0.05) is 12.5 Å². The number of hydrogen-bond acceptors (Lipinski definition) is 2. The highest BCUT2D eigenvalue weighted by Gasteiger charge is 2.53. The first-order valence-electron chi connectivity index (χ1n) is 8.63. The van der Waals surface area contributed by atoms with Gasteiger partial charge in [0.1, 0.15) is 0 Å². The van der Waals surface area contributed by atoms with Gasteiger partial charge < -0.3 is 5.11 Å². The van der Waals surface area contributed by atoms with E-state index >= 15 is 0 Å². The molecular formula is C19H26O2. The highest BCUT2D eigenvalue weighted by atomic mass is 16.3. The largest absolute Gasteiger partial charge is 0.393 e. The van der Waals surface area contributed by atoms with Crippen LogP contribution in [0.25, 0.3) is 0 Å². The molecule has 0 spiro atoms. The van der Waals surface area contributed by atoms with Crippen LogP contribution in [0.1, 0.15) is 58.8 Å². The minimum Gasteiger partial charge on any atom is -0.393 e. The molecule has 0 unspecified atom stereocenters. The Hall–Kier alpha value is -0.890. The Morgan fingerprint density at radius 3 is 2.86 bits per heavy atom. The van der Waals surface area contributed by atoms with Crippen LogP contribution in [0.2, 0.25) is 0 Å². The van der Waals surface area contributed by atoms with Crippen LogP contribution in [0.3, 0.4) is 0 Å². The van der Waals surface area contributed by atoms with Crippen LogP contribution < -0.4 is 0 Å². The summed E-state index contributed by atoms with van der Waals surface area (Å²) in [6, 6.07) is 0. The molecule has 4 rings (SSSR count). The van der Waals surface area contributed by atoms with E-state index in [1.165, 1.54) is 24.0 Å². The van der Waals surface area contributed by atoms with Crippen molar-refractivity contribution in [3.8, 4) is 0 Å². The number of allylic oxidation sites excluding steroid dienone is 4. The number of aliphatic hydroxyl groups is 1. The van der Waals surface area contributed by atoms with E-state index in [0.29, 0.717) is 23.5 Å².